The van der Waals surface area contributed by atoms with Gasteiger partial charge in [-0.15, -0.1) is 11.3 Å². The lowest BCUT2D eigenvalue weighted by molar-refractivity contribution is -0.116. The minimum absolute atomic E-state index is 0.0744. The Hall–Kier alpha value is -2.25. The number of halogens is 1. The maximum atomic E-state index is 12.2. The van der Waals surface area contributed by atoms with Gasteiger partial charge in [0.2, 0.25) is 5.91 Å². The lowest BCUT2D eigenvalue weighted by Gasteiger charge is -2.05. The molecule has 0 aliphatic carbocycles. The molecule has 0 saturated heterocycles. The molecule has 5 nitrogen and oxygen atoms in total. The summed E-state index contributed by atoms with van der Waals surface area (Å²) in [5.74, 6) is -0.198. The molecule has 0 fully saturated rings. The zero-order valence-corrected chi connectivity index (χ0v) is 15.0. The van der Waals surface area contributed by atoms with Crippen molar-refractivity contribution in [1.29, 1.82) is 0 Å². The predicted octanol–water partition coefficient (Wildman–Crippen LogP) is 3.05. The first-order chi connectivity index (χ1) is 11.6. The number of rotatable bonds is 5. The largest absolute Gasteiger partial charge is 0.351 e. The number of carbonyl (C=O) groups is 1. The highest BCUT2D eigenvalue weighted by Crippen LogP contribution is 2.13. The van der Waals surface area contributed by atoms with Crippen molar-refractivity contribution >= 4 is 49.5 Å². The van der Waals surface area contributed by atoms with E-state index < -0.39 is 0 Å². The van der Waals surface area contributed by atoms with Crippen molar-refractivity contribution < 1.29 is 4.79 Å². The van der Waals surface area contributed by atoms with Gasteiger partial charge in [-0.1, -0.05) is 28.1 Å². The molecule has 0 spiro atoms. The van der Waals surface area contributed by atoms with Crippen molar-refractivity contribution in [3.05, 3.63) is 68.5 Å². The van der Waals surface area contributed by atoms with Crippen LogP contribution in [-0.2, 0) is 11.3 Å². The molecular formula is C17H14BrN3O2S. The first-order valence-electron chi connectivity index (χ1n) is 7.27. The molecule has 122 valence electrons. The Kier molecular flexibility index (Phi) is 5.22. The molecular weight excluding hydrogens is 390 g/mol. The van der Waals surface area contributed by atoms with E-state index in [1.54, 1.807) is 6.08 Å². The fourth-order valence-electron chi connectivity index (χ4n) is 2.14. The van der Waals surface area contributed by atoms with Gasteiger partial charge in [0.25, 0.3) is 5.56 Å². The number of nitrogens with zero attached hydrogens (tertiary/aromatic N) is 2. The van der Waals surface area contributed by atoms with Crippen molar-refractivity contribution in [3.8, 4) is 0 Å². The minimum atomic E-state index is -0.198. The van der Waals surface area contributed by atoms with E-state index in [9.17, 15) is 9.59 Å². The smallest absolute Gasteiger partial charge is 0.271 e. The van der Waals surface area contributed by atoms with Gasteiger partial charge >= 0.3 is 0 Å². The van der Waals surface area contributed by atoms with Crippen LogP contribution in [0.4, 0.5) is 0 Å². The third-order valence-electron chi connectivity index (χ3n) is 3.38. The number of hydrogen-bond acceptors (Lipinski definition) is 4. The van der Waals surface area contributed by atoms with Gasteiger partial charge in [-0.25, -0.2) is 4.98 Å². The van der Waals surface area contributed by atoms with E-state index in [-0.39, 0.29) is 11.5 Å². The van der Waals surface area contributed by atoms with Crippen molar-refractivity contribution in [2.75, 3.05) is 6.54 Å². The van der Waals surface area contributed by atoms with Crippen molar-refractivity contribution in [3.63, 3.8) is 0 Å². The van der Waals surface area contributed by atoms with Crippen LogP contribution < -0.4 is 10.9 Å². The van der Waals surface area contributed by atoms with Crippen molar-refractivity contribution in [2.24, 2.45) is 0 Å². The van der Waals surface area contributed by atoms with Gasteiger partial charge in [-0.2, -0.15) is 0 Å². The average Bonchev–Trinajstić information content (AvgIpc) is 3.06. The van der Waals surface area contributed by atoms with E-state index in [0.717, 1.165) is 10.0 Å². The normalized spacial score (nSPS) is 11.2. The number of aromatic nitrogens is 2. The molecule has 1 amide bonds. The second-order valence-corrected chi connectivity index (χ2v) is 6.89. The van der Waals surface area contributed by atoms with Crippen molar-refractivity contribution in [1.82, 2.24) is 14.9 Å². The van der Waals surface area contributed by atoms with E-state index >= 15 is 0 Å². The summed E-state index contributed by atoms with van der Waals surface area (Å²) < 4.78 is 3.14. The summed E-state index contributed by atoms with van der Waals surface area (Å²) in [6.07, 6.45) is 4.74. The molecule has 0 atom stereocenters. The number of nitrogens with one attached hydrogen (secondary N) is 1. The van der Waals surface area contributed by atoms with Crippen LogP contribution in [0.5, 0.6) is 0 Å². The summed E-state index contributed by atoms with van der Waals surface area (Å²) in [5, 5.41) is 4.61. The van der Waals surface area contributed by atoms with E-state index in [4.69, 9.17) is 0 Å². The number of amides is 1. The van der Waals surface area contributed by atoms with Crippen LogP contribution >= 0.6 is 27.3 Å². The molecule has 24 heavy (non-hydrogen) atoms. The lowest BCUT2D eigenvalue weighted by atomic mass is 10.2. The SMILES string of the molecule is O=C(/C=C/c1ccc(Br)cc1)NCCn1cnc2ccsc2c1=O. The summed E-state index contributed by atoms with van der Waals surface area (Å²) in [5.41, 5.74) is 1.58. The third-order valence-corrected chi connectivity index (χ3v) is 4.81. The van der Waals surface area contributed by atoms with Crippen LogP contribution in [0.25, 0.3) is 16.3 Å². The fourth-order valence-corrected chi connectivity index (χ4v) is 3.20. The van der Waals surface area contributed by atoms with Gasteiger partial charge in [0.15, 0.2) is 0 Å². The van der Waals surface area contributed by atoms with Crippen LogP contribution in [0.3, 0.4) is 0 Å². The van der Waals surface area contributed by atoms with E-state index in [1.165, 1.54) is 28.3 Å². The molecule has 2 heterocycles. The quantitative estimate of drug-likeness (QED) is 0.665. The molecule has 7 heteroatoms. The molecule has 0 bridgehead atoms. The van der Waals surface area contributed by atoms with Crippen LogP contribution in [0.1, 0.15) is 5.56 Å². The Labute approximate surface area is 150 Å². The maximum Gasteiger partial charge on any atom is 0.271 e. The van der Waals surface area contributed by atoms with Crippen LogP contribution in [0, 0.1) is 0 Å². The summed E-state index contributed by atoms with van der Waals surface area (Å²) >= 11 is 4.74. The molecule has 0 aliphatic rings. The highest BCUT2D eigenvalue weighted by Gasteiger charge is 2.05. The Balaban J connectivity index is 1.55. The van der Waals surface area contributed by atoms with Gasteiger partial charge in [-0.3, -0.25) is 14.2 Å². The number of thiophene rings is 1. The second-order valence-electron chi connectivity index (χ2n) is 5.05. The second kappa shape index (κ2) is 7.55. The molecule has 3 aromatic rings. The number of hydrogen-bond donors (Lipinski definition) is 1. The number of benzene rings is 1. The third kappa shape index (κ3) is 3.98. The summed E-state index contributed by atoms with van der Waals surface area (Å²) in [6.45, 7) is 0.750. The minimum Gasteiger partial charge on any atom is -0.351 e. The lowest BCUT2D eigenvalue weighted by Crippen LogP contribution is -2.29. The Morgan fingerprint density at radius 3 is 2.88 bits per heavy atom. The molecule has 0 unspecified atom stereocenters. The molecule has 1 N–H and O–H groups in total. The highest BCUT2D eigenvalue weighted by molar-refractivity contribution is 9.10. The Morgan fingerprint density at radius 2 is 2.08 bits per heavy atom. The van der Waals surface area contributed by atoms with Crippen LogP contribution in [0.15, 0.2) is 57.4 Å². The molecule has 2 aromatic heterocycles. The van der Waals surface area contributed by atoms with Gasteiger partial charge in [0.1, 0.15) is 4.70 Å². The highest BCUT2D eigenvalue weighted by atomic mass is 79.9. The summed E-state index contributed by atoms with van der Waals surface area (Å²) in [6, 6.07) is 9.47. The van der Waals surface area contributed by atoms with E-state index in [1.807, 2.05) is 35.7 Å². The Bertz CT molecular complexity index is 944. The number of carbonyl (C=O) groups excluding carboxylic acids is 1. The first-order valence-corrected chi connectivity index (χ1v) is 8.95. The van der Waals surface area contributed by atoms with E-state index in [2.05, 4.69) is 26.2 Å². The van der Waals surface area contributed by atoms with Crippen LogP contribution in [0.2, 0.25) is 0 Å². The fraction of sp³-hybridized carbons (Fsp3) is 0.118. The van der Waals surface area contributed by atoms with Gasteiger partial charge < -0.3 is 5.32 Å². The van der Waals surface area contributed by atoms with Crippen molar-refractivity contribution in [2.45, 2.75) is 6.54 Å². The predicted molar refractivity (Wildman–Crippen MR) is 100 cm³/mol. The first kappa shape index (κ1) is 16.6. The molecule has 3 rings (SSSR count). The van der Waals surface area contributed by atoms with E-state index in [0.29, 0.717) is 23.3 Å². The van der Waals surface area contributed by atoms with Crippen LogP contribution in [-0.4, -0.2) is 22.0 Å². The molecule has 0 saturated carbocycles. The van der Waals surface area contributed by atoms with Gasteiger partial charge in [0.05, 0.1) is 11.8 Å². The van der Waals surface area contributed by atoms with Gasteiger partial charge in [0, 0.05) is 23.6 Å². The zero-order valence-electron chi connectivity index (χ0n) is 12.6. The molecule has 1 aromatic carbocycles. The monoisotopic (exact) mass is 403 g/mol. The maximum absolute atomic E-state index is 12.2. The zero-order chi connectivity index (χ0) is 16.9. The topological polar surface area (TPSA) is 64.0 Å². The Morgan fingerprint density at radius 1 is 1.29 bits per heavy atom. The average molecular weight is 404 g/mol. The molecule has 0 radical (unpaired) electrons. The summed E-state index contributed by atoms with van der Waals surface area (Å²) in [7, 11) is 0. The number of fused-ring (bicyclic) bond motifs is 1. The summed E-state index contributed by atoms with van der Waals surface area (Å²) in [4.78, 5) is 28.3. The molecule has 0 aliphatic heterocycles. The van der Waals surface area contributed by atoms with Gasteiger partial charge in [-0.05, 0) is 35.2 Å². The standard InChI is InChI=1S/C17H14BrN3O2S/c18-13-4-1-12(2-5-13)3-6-15(22)19-8-9-21-11-20-14-7-10-24-16(14)17(21)23/h1-7,10-11H,8-9H2,(H,19,22)/b6-3+.